The second-order valence-corrected chi connectivity index (χ2v) is 8.66. The molecule has 1 unspecified atom stereocenters. The van der Waals surface area contributed by atoms with Crippen molar-refractivity contribution in [3.8, 4) is 0 Å². The summed E-state index contributed by atoms with van der Waals surface area (Å²) < 4.78 is 26.6. The number of benzene rings is 1. The lowest BCUT2D eigenvalue weighted by Gasteiger charge is -2.62. The standard InChI is InChI=1S/C20H30F2N4/c1-19(2)13-26(20(19,3)4)18(23-5)24-11-14-8-9-25(12-14)15-6-7-16(21)17(22)10-15/h6-7,10,14H,8-9,11-13H2,1-5H3,(H,23,24). The van der Waals surface area contributed by atoms with Crippen molar-refractivity contribution in [1.29, 1.82) is 0 Å². The van der Waals surface area contributed by atoms with Crippen LogP contribution in [-0.4, -0.2) is 49.6 Å². The van der Waals surface area contributed by atoms with Crippen LogP contribution in [-0.2, 0) is 0 Å². The van der Waals surface area contributed by atoms with Gasteiger partial charge in [0.15, 0.2) is 17.6 Å². The molecule has 1 N–H and O–H groups in total. The molecule has 2 saturated heterocycles. The molecule has 0 aromatic heterocycles. The van der Waals surface area contributed by atoms with Crippen molar-refractivity contribution in [3.05, 3.63) is 29.8 Å². The van der Waals surface area contributed by atoms with Gasteiger partial charge in [-0.15, -0.1) is 0 Å². The maximum Gasteiger partial charge on any atom is 0.194 e. The van der Waals surface area contributed by atoms with Gasteiger partial charge in [0.05, 0.1) is 0 Å². The first-order chi connectivity index (χ1) is 12.2. The summed E-state index contributed by atoms with van der Waals surface area (Å²) in [4.78, 5) is 8.91. The molecule has 0 saturated carbocycles. The Kier molecular flexibility index (Phi) is 4.88. The van der Waals surface area contributed by atoms with Gasteiger partial charge in [-0.2, -0.15) is 0 Å². The molecule has 1 aromatic rings. The van der Waals surface area contributed by atoms with E-state index in [9.17, 15) is 8.78 Å². The van der Waals surface area contributed by atoms with Gasteiger partial charge in [0.1, 0.15) is 0 Å². The Morgan fingerprint density at radius 2 is 1.96 bits per heavy atom. The van der Waals surface area contributed by atoms with Crippen LogP contribution in [0.15, 0.2) is 23.2 Å². The first kappa shape index (κ1) is 18.9. The molecule has 0 radical (unpaired) electrons. The molecule has 2 fully saturated rings. The fourth-order valence-electron chi connectivity index (χ4n) is 3.85. The summed E-state index contributed by atoms with van der Waals surface area (Å²) in [5.74, 6) is -0.181. The van der Waals surface area contributed by atoms with Crippen molar-refractivity contribution in [1.82, 2.24) is 10.2 Å². The summed E-state index contributed by atoms with van der Waals surface area (Å²) in [6.07, 6.45) is 1.03. The normalized spacial score (nSPS) is 24.6. The van der Waals surface area contributed by atoms with E-state index in [0.29, 0.717) is 5.92 Å². The minimum absolute atomic E-state index is 0.0716. The molecule has 0 spiro atoms. The van der Waals surface area contributed by atoms with Crippen molar-refractivity contribution >= 4 is 11.6 Å². The molecule has 1 aromatic carbocycles. The lowest BCUT2D eigenvalue weighted by atomic mass is 9.65. The van der Waals surface area contributed by atoms with Gasteiger partial charge in [0, 0.05) is 55.9 Å². The van der Waals surface area contributed by atoms with Gasteiger partial charge in [-0.1, -0.05) is 13.8 Å². The van der Waals surface area contributed by atoms with E-state index in [0.717, 1.165) is 44.2 Å². The largest absolute Gasteiger partial charge is 0.371 e. The van der Waals surface area contributed by atoms with Gasteiger partial charge < -0.3 is 15.1 Å². The number of guanidine groups is 1. The Hall–Kier alpha value is -1.85. The van der Waals surface area contributed by atoms with Crippen molar-refractivity contribution in [2.45, 2.75) is 39.7 Å². The highest BCUT2D eigenvalue weighted by atomic mass is 19.2. The number of hydrogen-bond acceptors (Lipinski definition) is 2. The van der Waals surface area contributed by atoms with Gasteiger partial charge >= 0.3 is 0 Å². The minimum atomic E-state index is -0.796. The Morgan fingerprint density at radius 3 is 2.54 bits per heavy atom. The van der Waals surface area contributed by atoms with Crippen LogP contribution in [0.25, 0.3) is 0 Å². The highest BCUT2D eigenvalue weighted by Gasteiger charge is 2.53. The highest BCUT2D eigenvalue weighted by Crippen LogP contribution is 2.46. The smallest absolute Gasteiger partial charge is 0.194 e. The molecule has 2 heterocycles. The molecule has 4 nitrogen and oxygen atoms in total. The van der Waals surface area contributed by atoms with E-state index in [4.69, 9.17) is 0 Å². The lowest BCUT2D eigenvalue weighted by Crippen LogP contribution is -2.72. The summed E-state index contributed by atoms with van der Waals surface area (Å²) in [7, 11) is 1.83. The fourth-order valence-corrected chi connectivity index (χ4v) is 3.85. The van der Waals surface area contributed by atoms with Crippen LogP contribution in [0.1, 0.15) is 34.1 Å². The Morgan fingerprint density at radius 1 is 1.23 bits per heavy atom. The molecule has 1 atom stereocenters. The number of nitrogens with one attached hydrogen (secondary N) is 1. The van der Waals surface area contributed by atoms with E-state index in [-0.39, 0.29) is 11.0 Å². The maximum absolute atomic E-state index is 13.5. The zero-order chi connectivity index (χ0) is 19.1. The molecule has 6 heteroatoms. The highest BCUT2D eigenvalue weighted by molar-refractivity contribution is 5.82. The fraction of sp³-hybridized carbons (Fsp3) is 0.650. The summed E-state index contributed by atoms with van der Waals surface area (Å²) in [6, 6.07) is 4.14. The molecule has 0 bridgehead atoms. The average Bonchev–Trinajstić information content (AvgIpc) is 3.06. The first-order valence-electron chi connectivity index (χ1n) is 9.34. The predicted octanol–water partition coefficient (Wildman–Crippen LogP) is 3.49. The van der Waals surface area contributed by atoms with E-state index in [1.54, 1.807) is 6.07 Å². The minimum Gasteiger partial charge on any atom is -0.371 e. The van der Waals surface area contributed by atoms with Gasteiger partial charge in [-0.05, 0) is 38.3 Å². The van der Waals surface area contributed by atoms with Gasteiger partial charge in [0.2, 0.25) is 0 Å². The number of halogens is 2. The molecular formula is C20H30F2N4. The summed E-state index contributed by atoms with van der Waals surface area (Å²) in [5, 5.41) is 3.51. The zero-order valence-corrected chi connectivity index (χ0v) is 16.4. The molecule has 26 heavy (non-hydrogen) atoms. The summed E-state index contributed by atoms with van der Waals surface area (Å²) in [5.41, 5.74) is 1.09. The van der Waals surface area contributed by atoms with E-state index in [1.165, 1.54) is 12.1 Å². The van der Waals surface area contributed by atoms with Gasteiger partial charge in [0.25, 0.3) is 0 Å². The number of aliphatic imine (C=N–C) groups is 1. The van der Waals surface area contributed by atoms with Crippen LogP contribution in [0.3, 0.4) is 0 Å². The number of nitrogens with zero attached hydrogens (tertiary/aromatic N) is 3. The summed E-state index contributed by atoms with van der Waals surface area (Å²) >= 11 is 0. The van der Waals surface area contributed by atoms with Crippen LogP contribution >= 0.6 is 0 Å². The van der Waals surface area contributed by atoms with E-state index in [2.05, 4.69) is 47.8 Å². The first-order valence-corrected chi connectivity index (χ1v) is 9.34. The van der Waals surface area contributed by atoms with Crippen LogP contribution in [0.4, 0.5) is 14.5 Å². The maximum atomic E-state index is 13.5. The molecule has 2 aliphatic rings. The molecule has 0 aliphatic carbocycles. The molecule has 2 aliphatic heterocycles. The molecular weight excluding hydrogens is 334 g/mol. The summed E-state index contributed by atoms with van der Waals surface area (Å²) in [6.45, 7) is 12.6. The van der Waals surface area contributed by atoms with E-state index >= 15 is 0 Å². The molecule has 144 valence electrons. The quantitative estimate of drug-likeness (QED) is 0.658. The van der Waals surface area contributed by atoms with Crippen molar-refractivity contribution in [3.63, 3.8) is 0 Å². The SMILES string of the molecule is CN=C(NCC1CCN(c2ccc(F)c(F)c2)C1)N1CC(C)(C)C1(C)C. The Labute approximate surface area is 155 Å². The van der Waals surface area contributed by atoms with E-state index in [1.807, 2.05) is 7.05 Å². The second kappa shape index (κ2) is 6.71. The molecule has 3 rings (SSSR count). The van der Waals surface area contributed by atoms with Crippen molar-refractivity contribution < 1.29 is 8.78 Å². The van der Waals surface area contributed by atoms with Crippen LogP contribution in [0.2, 0.25) is 0 Å². The lowest BCUT2D eigenvalue weighted by molar-refractivity contribution is -0.0668. The predicted molar refractivity (Wildman–Crippen MR) is 103 cm³/mol. The number of likely N-dealkylation sites (tertiary alicyclic amines) is 1. The average molecular weight is 364 g/mol. The second-order valence-electron chi connectivity index (χ2n) is 8.66. The monoisotopic (exact) mass is 364 g/mol. The number of anilines is 1. The third-order valence-corrected chi connectivity index (χ3v) is 6.45. The Bertz CT molecular complexity index is 699. The topological polar surface area (TPSA) is 30.9 Å². The third-order valence-electron chi connectivity index (χ3n) is 6.45. The van der Waals surface area contributed by atoms with Crippen LogP contribution in [0.5, 0.6) is 0 Å². The molecule has 0 amide bonds. The van der Waals surface area contributed by atoms with Crippen LogP contribution < -0.4 is 10.2 Å². The zero-order valence-electron chi connectivity index (χ0n) is 16.4. The number of rotatable bonds is 3. The van der Waals surface area contributed by atoms with Gasteiger partial charge in [-0.25, -0.2) is 8.78 Å². The van der Waals surface area contributed by atoms with Crippen molar-refractivity contribution in [2.24, 2.45) is 16.3 Å². The van der Waals surface area contributed by atoms with Gasteiger partial charge in [-0.3, -0.25) is 4.99 Å². The third kappa shape index (κ3) is 3.26. The van der Waals surface area contributed by atoms with Crippen LogP contribution in [0, 0.1) is 23.0 Å². The van der Waals surface area contributed by atoms with Crippen molar-refractivity contribution in [2.75, 3.05) is 38.1 Å². The number of hydrogen-bond donors (Lipinski definition) is 1. The Balaban J connectivity index is 1.55. The van der Waals surface area contributed by atoms with E-state index < -0.39 is 11.6 Å².